The monoisotopic (exact) mass is 976 g/mol. The number of nitrogens with two attached hydrogens (primary N) is 2. The lowest BCUT2D eigenvalue weighted by Crippen LogP contribution is -2.27. The summed E-state index contributed by atoms with van der Waals surface area (Å²) in [5.41, 5.74) is 17.6. The Bertz CT molecular complexity index is 3120. The van der Waals surface area contributed by atoms with E-state index in [9.17, 15) is 33.9 Å². The second-order valence-corrected chi connectivity index (χ2v) is 18.3. The first kappa shape index (κ1) is 51.3. The number of nitrogens with zero attached hydrogens (tertiary/aromatic N) is 6. The van der Waals surface area contributed by atoms with Crippen LogP contribution in [0.3, 0.4) is 0 Å². The van der Waals surface area contributed by atoms with Crippen molar-refractivity contribution in [2.45, 2.75) is 91.1 Å². The van der Waals surface area contributed by atoms with Crippen molar-refractivity contribution in [3.63, 3.8) is 0 Å². The fourth-order valence-corrected chi connectivity index (χ4v) is 8.51. The minimum absolute atomic E-state index is 0.0141. The summed E-state index contributed by atoms with van der Waals surface area (Å²) in [7, 11) is 0. The number of hydrogen-bond donors (Lipinski definition) is 3. The number of hydrogen-bond acceptors (Lipinski definition) is 15. The van der Waals surface area contributed by atoms with Crippen LogP contribution >= 0.6 is 0 Å². The maximum absolute atomic E-state index is 13.6. The zero-order valence-electron chi connectivity index (χ0n) is 40.8. The molecule has 0 aliphatic carbocycles. The molecule has 2 atom stereocenters. The van der Waals surface area contributed by atoms with E-state index in [1.165, 1.54) is 0 Å². The molecule has 4 heterocycles. The van der Waals surface area contributed by atoms with E-state index in [-0.39, 0.29) is 72.3 Å². The van der Waals surface area contributed by atoms with Crippen molar-refractivity contribution in [2.75, 3.05) is 24.7 Å². The number of ether oxygens (including phenoxy) is 3. The van der Waals surface area contributed by atoms with Crippen molar-refractivity contribution in [2.24, 2.45) is 0 Å². The van der Waals surface area contributed by atoms with Gasteiger partial charge >= 0.3 is 23.9 Å². The fourth-order valence-electron chi connectivity index (χ4n) is 8.51. The van der Waals surface area contributed by atoms with Crippen LogP contribution in [-0.2, 0) is 59.6 Å². The molecule has 2 aromatic heterocycles. The summed E-state index contributed by atoms with van der Waals surface area (Å²) >= 11 is 0. The van der Waals surface area contributed by atoms with Crippen LogP contribution in [0.15, 0.2) is 109 Å². The quantitative estimate of drug-likeness (QED) is 0.0547. The van der Waals surface area contributed by atoms with E-state index in [0.29, 0.717) is 59.1 Å². The fraction of sp³-hybridized carbons (Fsp3) is 0.296. The van der Waals surface area contributed by atoms with Crippen LogP contribution in [0.4, 0.5) is 11.9 Å². The van der Waals surface area contributed by atoms with Gasteiger partial charge in [0.15, 0.2) is 0 Å². The Morgan fingerprint density at radius 3 is 1.33 bits per heavy atom. The molecule has 18 nitrogen and oxygen atoms in total. The van der Waals surface area contributed by atoms with Crippen LogP contribution in [-0.4, -0.2) is 89.3 Å². The van der Waals surface area contributed by atoms with Gasteiger partial charge in [-0.25, -0.2) is 29.5 Å². The molecule has 4 aromatic carbocycles. The van der Waals surface area contributed by atoms with Crippen LogP contribution in [0, 0.1) is 0 Å². The van der Waals surface area contributed by atoms with Crippen molar-refractivity contribution >= 4 is 69.4 Å². The minimum Gasteiger partial charge on any atom is -0.478 e. The molecule has 5 N–H and O–H groups in total. The predicted octanol–water partition coefficient (Wildman–Crippen LogP) is 7.35. The standard InChI is InChI=1S/C29H32N4O5.C25H24N4O5/c1-6-37-27(36)21(13-17(2)26(35)38-29(3,4)5)18-11-12-23-22(14-18)24(32-28(30)31-23)25(34)33-15-19-9-7-8-10-20(19)16-33;1-3-34-24(33)18(10-14(2)23(31)32)15-8-9-20-19(11-15)21(28-25(26)27-20)22(30)29-12-16-6-4-5-7-17(16)13-29/h7-12,14,21H,2,6,13,15-16H2,1,3-5H3,(H2,30,31,32);4-9,11,18H,2-3,10,12-13H2,1H3,(H,31,32)(H2,26,27,28). The number of nitrogen functional groups attached to an aromatic ring is 2. The highest BCUT2D eigenvalue weighted by Crippen LogP contribution is 2.33. The SMILES string of the molecule is C=C(CC(C(=O)OCC)c1ccc2nc(N)nc(C(=O)N3Cc4ccccc4C3)c2c1)C(=O)O.C=C(CC(C(=O)OCC)c1ccc2nc(N)nc(C(=O)N3Cc4ccccc4C3)c2c1)C(=O)OC(C)(C)C. The number of carboxylic acid groups (broad SMARTS) is 1. The maximum Gasteiger partial charge on any atom is 0.333 e. The number of esters is 3. The topological polar surface area (TPSA) is 260 Å². The maximum atomic E-state index is 13.6. The minimum atomic E-state index is -1.20. The van der Waals surface area contributed by atoms with Gasteiger partial charge in [0.25, 0.3) is 11.8 Å². The normalized spacial score (nSPS) is 13.5. The molecule has 0 saturated carbocycles. The molecule has 372 valence electrons. The van der Waals surface area contributed by atoms with Crippen LogP contribution in [0.25, 0.3) is 21.8 Å². The van der Waals surface area contributed by atoms with E-state index >= 15 is 0 Å². The number of carbonyl (C=O) groups excluding carboxylic acids is 5. The summed E-state index contributed by atoms with van der Waals surface area (Å²) in [4.78, 5) is 97.1. The summed E-state index contributed by atoms with van der Waals surface area (Å²) in [6, 6.07) is 25.7. The summed E-state index contributed by atoms with van der Waals surface area (Å²) in [5, 5.41) is 10.1. The molecule has 2 aliphatic rings. The van der Waals surface area contributed by atoms with E-state index in [1.807, 2.05) is 48.5 Å². The zero-order valence-corrected chi connectivity index (χ0v) is 40.8. The van der Waals surface area contributed by atoms with Crippen LogP contribution in [0.2, 0.25) is 0 Å². The molecule has 0 radical (unpaired) electrons. The number of rotatable bonds is 14. The molecule has 18 heteroatoms. The zero-order chi connectivity index (χ0) is 52.0. The van der Waals surface area contributed by atoms with Crippen LogP contribution < -0.4 is 11.5 Å². The van der Waals surface area contributed by atoms with Gasteiger partial charge in [0.05, 0.1) is 36.1 Å². The average molecular weight is 977 g/mol. The van der Waals surface area contributed by atoms with Gasteiger partial charge in [-0.2, -0.15) is 0 Å². The molecule has 8 rings (SSSR count). The third-order valence-electron chi connectivity index (χ3n) is 12.0. The Morgan fingerprint density at radius 1 is 0.611 bits per heavy atom. The second kappa shape index (κ2) is 21.6. The smallest absolute Gasteiger partial charge is 0.333 e. The van der Waals surface area contributed by atoms with Crippen molar-refractivity contribution < 1.29 is 48.1 Å². The van der Waals surface area contributed by atoms with Gasteiger partial charge in [-0.15, -0.1) is 0 Å². The average Bonchev–Trinajstić information content (AvgIpc) is 3.99. The van der Waals surface area contributed by atoms with Crippen molar-refractivity contribution in [3.05, 3.63) is 154 Å². The highest BCUT2D eigenvalue weighted by molar-refractivity contribution is 6.06. The van der Waals surface area contributed by atoms with E-state index in [2.05, 4.69) is 33.1 Å². The number of carbonyl (C=O) groups is 6. The van der Waals surface area contributed by atoms with Crippen LogP contribution in [0.1, 0.15) is 114 Å². The highest BCUT2D eigenvalue weighted by Gasteiger charge is 2.32. The first-order valence-electron chi connectivity index (χ1n) is 23.3. The first-order chi connectivity index (χ1) is 34.2. The summed E-state index contributed by atoms with van der Waals surface area (Å²) in [5.74, 6) is -5.31. The second-order valence-electron chi connectivity index (χ2n) is 18.3. The Kier molecular flexibility index (Phi) is 15.4. The number of anilines is 2. The number of carboxylic acids is 1. The van der Waals surface area contributed by atoms with Gasteiger partial charge in [-0.05, 0) is 105 Å². The van der Waals surface area contributed by atoms with Gasteiger partial charge in [0.1, 0.15) is 17.0 Å². The molecule has 0 bridgehead atoms. The number of amides is 2. The Morgan fingerprint density at radius 2 is 0.986 bits per heavy atom. The third kappa shape index (κ3) is 11.7. The molecule has 2 unspecified atom stereocenters. The molecule has 72 heavy (non-hydrogen) atoms. The Balaban J connectivity index is 0.000000213. The van der Waals surface area contributed by atoms with Gasteiger partial charge in [0.2, 0.25) is 11.9 Å². The third-order valence-corrected chi connectivity index (χ3v) is 12.0. The lowest BCUT2D eigenvalue weighted by molar-refractivity contribution is -0.150. The molecule has 6 aromatic rings. The number of fused-ring (bicyclic) bond motifs is 4. The number of aromatic nitrogens is 4. The highest BCUT2D eigenvalue weighted by atomic mass is 16.6. The van der Waals surface area contributed by atoms with Gasteiger partial charge < -0.3 is 40.6 Å². The van der Waals surface area contributed by atoms with E-state index < -0.39 is 41.3 Å². The Labute approximate surface area is 415 Å². The van der Waals surface area contributed by atoms with Gasteiger partial charge in [-0.3, -0.25) is 19.2 Å². The van der Waals surface area contributed by atoms with Gasteiger partial charge in [-0.1, -0.05) is 73.8 Å². The lowest BCUT2D eigenvalue weighted by atomic mass is 9.91. The van der Waals surface area contributed by atoms with Crippen molar-refractivity contribution in [1.29, 1.82) is 0 Å². The van der Waals surface area contributed by atoms with Gasteiger partial charge in [0, 0.05) is 48.1 Å². The van der Waals surface area contributed by atoms with Crippen molar-refractivity contribution in [3.8, 4) is 0 Å². The van der Waals surface area contributed by atoms with E-state index in [4.69, 9.17) is 25.7 Å². The number of aliphatic carboxylic acids is 1. The molecule has 0 saturated heterocycles. The summed E-state index contributed by atoms with van der Waals surface area (Å²) in [6.45, 7) is 18.2. The molecular formula is C54H56N8O10. The largest absolute Gasteiger partial charge is 0.478 e. The van der Waals surface area contributed by atoms with Crippen molar-refractivity contribution in [1.82, 2.24) is 29.7 Å². The molecular weight excluding hydrogens is 921 g/mol. The molecule has 2 amide bonds. The molecule has 2 aliphatic heterocycles. The first-order valence-corrected chi connectivity index (χ1v) is 23.3. The lowest BCUT2D eigenvalue weighted by Gasteiger charge is -2.22. The predicted molar refractivity (Wildman–Crippen MR) is 268 cm³/mol. The number of benzene rings is 4. The summed E-state index contributed by atoms with van der Waals surface area (Å²) < 4.78 is 15.9. The van der Waals surface area contributed by atoms with E-state index in [0.717, 1.165) is 22.3 Å². The molecule has 0 fully saturated rings. The summed E-state index contributed by atoms with van der Waals surface area (Å²) in [6.07, 6.45) is -0.153. The molecule has 0 spiro atoms. The van der Waals surface area contributed by atoms with E-state index in [1.54, 1.807) is 80.8 Å². The van der Waals surface area contributed by atoms with Crippen LogP contribution in [0.5, 0.6) is 0 Å². The Hall–Kier alpha value is -8.54.